The van der Waals surface area contributed by atoms with Gasteiger partial charge in [-0.15, -0.1) is 0 Å². The first kappa shape index (κ1) is 24.5. The molecule has 0 unspecified atom stereocenters. The zero-order chi connectivity index (χ0) is 68.2. The third kappa shape index (κ3) is 6.94. The van der Waals surface area contributed by atoms with Gasteiger partial charge < -0.3 is 19.4 Å². The van der Waals surface area contributed by atoms with E-state index in [1.165, 1.54) is 0 Å². The van der Waals surface area contributed by atoms with Crippen LogP contribution in [-0.4, -0.2) is 15.8 Å². The molecule has 8 aromatic carbocycles. The topological polar surface area (TPSA) is 25.1 Å². The largest absolute Gasteiger partial charge is 0.356 e. The van der Waals surface area contributed by atoms with Crippen LogP contribution in [0.4, 0.5) is 28.4 Å². The maximum atomic E-state index is 11.1. The van der Waals surface area contributed by atoms with E-state index in [2.05, 4.69) is 38.2 Å². The van der Waals surface area contributed by atoms with Crippen LogP contribution in [0.5, 0.6) is 0 Å². The molecule has 0 saturated carbocycles. The van der Waals surface area contributed by atoms with Crippen LogP contribution in [0.15, 0.2) is 157 Å². The number of nitrogens with zero attached hydrogens (tertiary/aromatic N) is 3. The number of rotatable bonds is 9. The fourth-order valence-electron chi connectivity index (χ4n) is 9.96. The molecule has 2 aliphatic rings. The van der Waals surface area contributed by atoms with Gasteiger partial charge in [-0.3, -0.25) is 0 Å². The summed E-state index contributed by atoms with van der Waals surface area (Å²) in [4.78, 5) is 1.69. The van der Waals surface area contributed by atoms with E-state index in [1.807, 2.05) is 13.8 Å². The standard InChI is InChI=1S/C64H63BN4/c1-9-11-21-41-35-43(63(3,4)5)36-42(22-12-10-2)62(41)69-59-40-46(68-57-29-19-15-25-49(57)50-26-16-20-30-58(50)68)32-34-52(59)65-51-33-31-45(67-55-27-17-13-23-47(55)48-24-14-18-28-56(48)67)39-53(51)66-54-37-44(64(6,7)8)38-60(69)61(54)65/h13-20,23-40,66H,9-12,21-22H2,1-8H3/i13D,14D,15D,16D,17D,18D,19D,20D,23D,24D,25D,26D,27D,28D,29D,30D,31D,32D,33D,34D,37D,38D,39D,40D. The molecule has 0 spiro atoms. The van der Waals surface area contributed by atoms with Gasteiger partial charge in [0.25, 0.3) is 6.71 Å². The van der Waals surface area contributed by atoms with Crippen LogP contribution in [-0.2, 0) is 23.7 Å². The van der Waals surface area contributed by atoms with Crippen molar-refractivity contribution in [3.63, 3.8) is 0 Å². The zero-order valence-corrected chi connectivity index (χ0v) is 39.8. The number of hydrogen-bond donors (Lipinski definition) is 1. The summed E-state index contributed by atoms with van der Waals surface area (Å²) in [7, 11) is 0. The Balaban J connectivity index is 1.34. The maximum absolute atomic E-state index is 11.1. The molecule has 0 fully saturated rings. The Morgan fingerprint density at radius 2 is 0.957 bits per heavy atom. The minimum Gasteiger partial charge on any atom is -0.356 e. The number of aromatic nitrogens is 2. The van der Waals surface area contributed by atoms with Crippen molar-refractivity contribution in [1.82, 2.24) is 9.13 Å². The van der Waals surface area contributed by atoms with E-state index in [4.69, 9.17) is 13.7 Å². The molecule has 12 rings (SSSR count). The predicted molar refractivity (Wildman–Crippen MR) is 299 cm³/mol. The van der Waals surface area contributed by atoms with E-state index in [0.717, 1.165) is 38.7 Å². The average Bonchev–Trinajstić information content (AvgIpc) is 1.51. The highest BCUT2D eigenvalue weighted by Crippen LogP contribution is 2.47. The number of hydrogen-bond acceptors (Lipinski definition) is 2. The Kier molecular flexibility index (Phi) is 5.81. The summed E-state index contributed by atoms with van der Waals surface area (Å²) in [6.45, 7) is 14.0. The number of benzene rings is 8. The Bertz CT molecular complexity index is 4890. The molecule has 4 heterocycles. The predicted octanol–water partition coefficient (Wildman–Crippen LogP) is 15.5. The smallest absolute Gasteiger partial charge is 0.252 e. The number of aryl methyl sites for hydroxylation is 2. The molecule has 0 saturated heterocycles. The highest BCUT2D eigenvalue weighted by atomic mass is 15.2. The second-order valence-corrected chi connectivity index (χ2v) is 20.1. The lowest BCUT2D eigenvalue weighted by Crippen LogP contribution is -2.60. The molecular weight excluding hydrogens is 836 g/mol. The quantitative estimate of drug-likeness (QED) is 0.146. The fourth-order valence-corrected chi connectivity index (χ4v) is 9.96. The molecule has 10 aromatic rings. The first-order valence-corrected chi connectivity index (χ1v) is 23.7. The lowest BCUT2D eigenvalue weighted by Gasteiger charge is -2.43. The molecule has 5 heteroatoms. The Hall–Kier alpha value is -6.98. The monoisotopic (exact) mass is 923 g/mol. The Morgan fingerprint density at radius 3 is 1.43 bits per heavy atom. The van der Waals surface area contributed by atoms with Crippen LogP contribution in [0.25, 0.3) is 55.0 Å². The fraction of sp³-hybridized carbons (Fsp3) is 0.250. The van der Waals surface area contributed by atoms with Gasteiger partial charge in [-0.05, 0) is 136 Å². The van der Waals surface area contributed by atoms with Crippen molar-refractivity contribution in [3.05, 3.63) is 179 Å². The maximum Gasteiger partial charge on any atom is 0.252 e. The van der Waals surface area contributed by atoms with E-state index in [0.29, 0.717) is 31.4 Å². The molecule has 0 aliphatic carbocycles. The van der Waals surface area contributed by atoms with Crippen LogP contribution in [0, 0.1) is 0 Å². The third-order valence-electron chi connectivity index (χ3n) is 13.4. The minimum absolute atomic E-state index is 0.0409. The summed E-state index contributed by atoms with van der Waals surface area (Å²) in [6.07, 6.45) is 3.59. The Morgan fingerprint density at radius 1 is 0.493 bits per heavy atom. The summed E-state index contributed by atoms with van der Waals surface area (Å²) >= 11 is 0. The second-order valence-electron chi connectivity index (χ2n) is 20.1. The van der Waals surface area contributed by atoms with Gasteiger partial charge in [0, 0.05) is 55.7 Å². The summed E-state index contributed by atoms with van der Waals surface area (Å²) < 4.78 is 231. The molecule has 2 aromatic heterocycles. The third-order valence-corrected chi connectivity index (χ3v) is 13.4. The first-order valence-electron chi connectivity index (χ1n) is 35.7. The van der Waals surface area contributed by atoms with E-state index >= 15 is 0 Å². The van der Waals surface area contributed by atoms with Crippen LogP contribution >= 0.6 is 0 Å². The van der Waals surface area contributed by atoms with Gasteiger partial charge in [0.1, 0.15) is 0 Å². The molecule has 69 heavy (non-hydrogen) atoms. The lowest BCUT2D eigenvalue weighted by molar-refractivity contribution is 0.587. The summed E-state index contributed by atoms with van der Waals surface area (Å²) in [5.41, 5.74) is -2.19. The average molecular weight is 923 g/mol. The normalized spacial score (nSPS) is 18.2. The molecule has 2 aliphatic heterocycles. The van der Waals surface area contributed by atoms with E-state index in [9.17, 15) is 19.2 Å². The lowest BCUT2D eigenvalue weighted by atomic mass is 9.33. The molecule has 1 N–H and O–H groups in total. The van der Waals surface area contributed by atoms with Gasteiger partial charge in [-0.1, -0.05) is 165 Å². The zero-order valence-electron chi connectivity index (χ0n) is 63.8. The highest BCUT2D eigenvalue weighted by Gasteiger charge is 2.43. The van der Waals surface area contributed by atoms with Crippen LogP contribution < -0.4 is 26.6 Å². The van der Waals surface area contributed by atoms with Gasteiger partial charge >= 0.3 is 0 Å². The number of nitrogens with one attached hydrogen (secondary N) is 1. The van der Waals surface area contributed by atoms with Crippen LogP contribution in [0.3, 0.4) is 0 Å². The van der Waals surface area contributed by atoms with Gasteiger partial charge in [-0.2, -0.15) is 0 Å². The molecule has 4 nitrogen and oxygen atoms in total. The van der Waals surface area contributed by atoms with Gasteiger partial charge in [0.15, 0.2) is 0 Å². The van der Waals surface area contributed by atoms with Crippen molar-refractivity contribution in [2.75, 3.05) is 10.2 Å². The summed E-state index contributed by atoms with van der Waals surface area (Å²) in [5, 5.41) is 1.88. The molecular formula is C64H63BN4. The summed E-state index contributed by atoms with van der Waals surface area (Å²) in [6, 6.07) is -12.4. The van der Waals surface area contributed by atoms with Gasteiger partial charge in [0.05, 0.1) is 60.7 Å². The van der Waals surface area contributed by atoms with E-state index in [1.54, 1.807) is 25.7 Å². The van der Waals surface area contributed by atoms with Crippen molar-refractivity contribution < 1.29 is 32.9 Å². The van der Waals surface area contributed by atoms with Crippen molar-refractivity contribution in [2.24, 2.45) is 0 Å². The van der Waals surface area contributed by atoms with Crippen molar-refractivity contribution >= 4 is 95.1 Å². The Labute approximate surface area is 442 Å². The second kappa shape index (κ2) is 16.3. The molecule has 0 radical (unpaired) electrons. The SMILES string of the molecule is [2H]c1c([2H])c(-n2c3c([2H])c([2H])c([2H])c([2H])c3c3c([2H])c([2H])c([2H])c([2H])c32)c([2H])c2c1B1c3c([2H])c([2H])c(-n4c5c([2H])c([2H])c([2H])c([2H])c5c5c([2H])c([2H])c([2H])c([2H])c54)c([2H])c3N(c3c(CCCC)cc(C(C)(C)C)cc3CCCC)c3c([2H])c(C(C)(C)C)c([2H])c(c31)N2. The molecule has 342 valence electrons. The number of para-hydroxylation sites is 4. The molecule has 0 amide bonds. The minimum atomic E-state index is -1.66. The van der Waals surface area contributed by atoms with Gasteiger partial charge in [-0.25, -0.2) is 0 Å². The van der Waals surface area contributed by atoms with Crippen molar-refractivity contribution in [3.8, 4) is 11.4 Å². The number of anilines is 5. The van der Waals surface area contributed by atoms with Gasteiger partial charge in [0.2, 0.25) is 0 Å². The molecule has 0 bridgehead atoms. The first-order chi connectivity index (χ1) is 43.4. The van der Waals surface area contributed by atoms with Crippen LogP contribution in [0.2, 0.25) is 0 Å². The van der Waals surface area contributed by atoms with Crippen LogP contribution in [0.1, 0.15) is 136 Å². The van der Waals surface area contributed by atoms with Crippen molar-refractivity contribution in [2.45, 2.75) is 105 Å². The number of unbranched alkanes of at least 4 members (excludes halogenated alkanes) is 2. The summed E-state index contributed by atoms with van der Waals surface area (Å²) in [5.74, 6) is 0. The van der Waals surface area contributed by atoms with Crippen molar-refractivity contribution in [1.29, 1.82) is 0 Å². The van der Waals surface area contributed by atoms with E-state index < -0.39 is 184 Å². The molecule has 0 atom stereocenters. The highest BCUT2D eigenvalue weighted by molar-refractivity contribution is 7.00. The number of fused-ring (bicyclic) bond motifs is 10. The van der Waals surface area contributed by atoms with E-state index in [-0.39, 0.29) is 78.3 Å².